The molecule has 0 radical (unpaired) electrons. The van der Waals surface area contributed by atoms with E-state index in [1.54, 1.807) is 0 Å². The second-order valence-electron chi connectivity index (χ2n) is 4.68. The van der Waals surface area contributed by atoms with Gasteiger partial charge < -0.3 is 15.3 Å². The molecule has 0 heterocycles. The van der Waals surface area contributed by atoms with Crippen molar-refractivity contribution in [2.45, 2.75) is 12.3 Å². The number of aliphatic hydroxyl groups excluding tert-OH is 1. The van der Waals surface area contributed by atoms with E-state index in [1.165, 1.54) is 0 Å². The van der Waals surface area contributed by atoms with Crippen LogP contribution < -0.4 is 5.32 Å². The molecule has 0 amide bonds. The van der Waals surface area contributed by atoms with Gasteiger partial charge in [0.15, 0.2) is 5.78 Å². The summed E-state index contributed by atoms with van der Waals surface area (Å²) in [6.07, 6.45) is -0.710. The van der Waals surface area contributed by atoms with Crippen LogP contribution in [0.3, 0.4) is 0 Å². The maximum absolute atomic E-state index is 12.2. The van der Waals surface area contributed by atoms with Crippen LogP contribution in [-0.2, 0) is 11.1 Å². The summed E-state index contributed by atoms with van der Waals surface area (Å²) in [4.78, 5) is 9.99. The Morgan fingerprint density at radius 3 is 2.10 bits per heavy atom. The Hall–Kier alpha value is -1.45. The van der Waals surface area contributed by atoms with Gasteiger partial charge in [-0.15, -0.1) is 0 Å². The summed E-state index contributed by atoms with van der Waals surface area (Å²) in [6, 6.07) is 18.9. The fourth-order valence-corrected chi connectivity index (χ4v) is 3.38. The highest BCUT2D eigenvalue weighted by molar-refractivity contribution is 7.57. The van der Waals surface area contributed by atoms with E-state index in [0.717, 1.165) is 11.1 Å². The quantitative estimate of drug-likeness (QED) is 0.709. The van der Waals surface area contributed by atoms with Gasteiger partial charge in [-0.3, -0.25) is 4.57 Å². The Bertz CT molecular complexity index is 574. The van der Waals surface area contributed by atoms with E-state index in [-0.39, 0.29) is 0 Å². The van der Waals surface area contributed by atoms with Gasteiger partial charge in [0.05, 0.1) is 0 Å². The lowest BCUT2D eigenvalue weighted by molar-refractivity contribution is -0.692. The summed E-state index contributed by atoms with van der Waals surface area (Å²) in [5.74, 6) is -0.645. The molecule has 2 aromatic rings. The van der Waals surface area contributed by atoms with E-state index in [9.17, 15) is 14.6 Å². The zero-order chi connectivity index (χ0) is 14.4. The van der Waals surface area contributed by atoms with Crippen LogP contribution in [0.15, 0.2) is 60.7 Å². The molecule has 20 heavy (non-hydrogen) atoms. The lowest BCUT2D eigenvalue weighted by Crippen LogP contribution is -2.83. The number of aliphatic hydroxyl groups is 1. The van der Waals surface area contributed by atoms with E-state index in [0.29, 0.717) is 6.54 Å². The van der Waals surface area contributed by atoms with Crippen molar-refractivity contribution in [2.24, 2.45) is 0 Å². The molecule has 0 aliphatic heterocycles. The highest BCUT2D eigenvalue weighted by atomic mass is 31.2. The molecule has 0 saturated carbocycles. The highest BCUT2D eigenvalue weighted by Crippen LogP contribution is 2.50. The van der Waals surface area contributed by atoms with Crippen LogP contribution in [0.4, 0.5) is 0 Å². The first-order valence-corrected chi connectivity index (χ1v) is 8.39. The average Bonchev–Trinajstić information content (AvgIpc) is 2.49. The predicted octanol–water partition coefficient (Wildman–Crippen LogP) is 1.67. The minimum Gasteiger partial charge on any atom is -0.386 e. The molecule has 0 spiro atoms. The minimum atomic E-state index is -3.64. The first-order valence-electron chi connectivity index (χ1n) is 6.48. The number of benzene rings is 2. The molecule has 2 aromatic carbocycles. The minimum absolute atomic E-state index is 0.588. The van der Waals surface area contributed by atoms with Gasteiger partial charge in [0.2, 0.25) is 0 Å². The average molecular weight is 292 g/mol. The molecule has 1 unspecified atom stereocenters. The van der Waals surface area contributed by atoms with Gasteiger partial charge in [-0.1, -0.05) is 60.7 Å². The SMILES string of the molecule is O=P(O)(CO)[C@@H]([NH2+]Cc1ccccc1)c1ccccc1. The number of hydrogen-bond acceptors (Lipinski definition) is 2. The van der Waals surface area contributed by atoms with Gasteiger partial charge in [0, 0.05) is 11.1 Å². The Kier molecular flexibility index (Phi) is 5.10. The first-order chi connectivity index (χ1) is 9.63. The van der Waals surface area contributed by atoms with Gasteiger partial charge in [-0.25, -0.2) is 0 Å². The van der Waals surface area contributed by atoms with E-state index in [4.69, 9.17) is 0 Å². The van der Waals surface area contributed by atoms with Crippen LogP contribution in [0.5, 0.6) is 0 Å². The number of hydrogen-bond donors (Lipinski definition) is 3. The first kappa shape index (κ1) is 14.9. The predicted molar refractivity (Wildman–Crippen MR) is 78.2 cm³/mol. The van der Waals surface area contributed by atoms with Crippen LogP contribution >= 0.6 is 7.37 Å². The molecule has 5 heteroatoms. The molecule has 2 rings (SSSR count). The second kappa shape index (κ2) is 6.82. The van der Waals surface area contributed by atoms with Crippen molar-refractivity contribution in [3.63, 3.8) is 0 Å². The van der Waals surface area contributed by atoms with Crippen molar-refractivity contribution in [2.75, 3.05) is 6.35 Å². The van der Waals surface area contributed by atoms with Crippen molar-refractivity contribution in [1.29, 1.82) is 0 Å². The molecule has 106 valence electrons. The molecule has 0 fully saturated rings. The van der Waals surface area contributed by atoms with Gasteiger partial charge in [-0.2, -0.15) is 0 Å². The number of nitrogens with two attached hydrogens (primary N) is 1. The Morgan fingerprint density at radius 1 is 1.00 bits per heavy atom. The third-order valence-corrected chi connectivity index (χ3v) is 4.98. The van der Waals surface area contributed by atoms with Crippen molar-refractivity contribution < 1.29 is 19.9 Å². The fraction of sp³-hybridized carbons (Fsp3) is 0.200. The van der Waals surface area contributed by atoms with Crippen LogP contribution in [0.2, 0.25) is 0 Å². The highest BCUT2D eigenvalue weighted by Gasteiger charge is 2.34. The standard InChI is InChI=1S/C15H18NO3P/c17-12-20(18,19)15(14-9-5-2-6-10-14)16-11-13-7-3-1-4-8-13/h1-10,15-17H,11-12H2,(H,18,19)/p+1/t15-/m1/s1. The maximum Gasteiger partial charge on any atom is 0.285 e. The van der Waals surface area contributed by atoms with Crippen molar-refractivity contribution in [3.8, 4) is 0 Å². The third-order valence-electron chi connectivity index (χ3n) is 3.20. The van der Waals surface area contributed by atoms with Crippen molar-refractivity contribution in [3.05, 3.63) is 71.8 Å². The van der Waals surface area contributed by atoms with E-state index >= 15 is 0 Å². The number of quaternary nitrogens is 1. The van der Waals surface area contributed by atoms with Gasteiger partial charge in [0.25, 0.3) is 7.37 Å². The van der Waals surface area contributed by atoms with Crippen molar-refractivity contribution in [1.82, 2.24) is 0 Å². The largest absolute Gasteiger partial charge is 0.386 e. The Labute approximate surface area is 118 Å². The Morgan fingerprint density at radius 2 is 1.55 bits per heavy atom. The van der Waals surface area contributed by atoms with E-state index < -0.39 is 19.5 Å². The third kappa shape index (κ3) is 3.78. The van der Waals surface area contributed by atoms with Crippen LogP contribution in [0.1, 0.15) is 16.9 Å². The van der Waals surface area contributed by atoms with E-state index in [2.05, 4.69) is 0 Å². The molecule has 0 aliphatic rings. The summed E-state index contributed by atoms with van der Waals surface area (Å²) in [7, 11) is -3.64. The molecule has 4 N–H and O–H groups in total. The summed E-state index contributed by atoms with van der Waals surface area (Å²) >= 11 is 0. The molecular weight excluding hydrogens is 273 g/mol. The van der Waals surface area contributed by atoms with E-state index in [1.807, 2.05) is 66.0 Å². The zero-order valence-corrected chi connectivity index (χ0v) is 12.0. The number of rotatable bonds is 6. The molecule has 0 saturated heterocycles. The Balaban J connectivity index is 2.18. The van der Waals surface area contributed by atoms with Crippen LogP contribution in [0, 0.1) is 0 Å². The second-order valence-corrected chi connectivity index (χ2v) is 7.03. The lowest BCUT2D eigenvalue weighted by atomic mass is 10.2. The molecular formula is C15H19NO3P+. The molecule has 0 aromatic heterocycles. The van der Waals surface area contributed by atoms with Gasteiger partial charge in [0.1, 0.15) is 12.9 Å². The maximum atomic E-state index is 12.2. The van der Waals surface area contributed by atoms with Crippen LogP contribution in [0.25, 0.3) is 0 Å². The monoisotopic (exact) mass is 292 g/mol. The van der Waals surface area contributed by atoms with Crippen LogP contribution in [-0.4, -0.2) is 16.3 Å². The molecule has 0 aliphatic carbocycles. The smallest absolute Gasteiger partial charge is 0.285 e. The van der Waals surface area contributed by atoms with Crippen molar-refractivity contribution >= 4 is 7.37 Å². The van der Waals surface area contributed by atoms with Gasteiger partial charge in [-0.05, 0) is 0 Å². The van der Waals surface area contributed by atoms with Gasteiger partial charge >= 0.3 is 0 Å². The topological polar surface area (TPSA) is 74.1 Å². The summed E-state index contributed by atoms with van der Waals surface area (Å²) in [5.41, 5.74) is 1.83. The zero-order valence-electron chi connectivity index (χ0n) is 11.1. The summed E-state index contributed by atoms with van der Waals surface area (Å²) in [6.45, 7) is 0.588. The normalized spacial score (nSPS) is 15.5. The molecule has 2 atom stereocenters. The fourth-order valence-electron chi connectivity index (χ4n) is 2.13. The summed E-state index contributed by atoms with van der Waals surface area (Å²) in [5, 5.41) is 11.0. The molecule has 4 nitrogen and oxygen atoms in total. The summed E-state index contributed by atoms with van der Waals surface area (Å²) < 4.78 is 12.2. The lowest BCUT2D eigenvalue weighted by Gasteiger charge is -2.20. The molecule has 0 bridgehead atoms.